The first-order valence-electron chi connectivity index (χ1n) is 7.48. The van der Waals surface area contributed by atoms with Crippen molar-refractivity contribution < 1.29 is 9.18 Å². The number of amidine groups is 1. The van der Waals surface area contributed by atoms with Crippen molar-refractivity contribution in [1.29, 1.82) is 0 Å². The van der Waals surface area contributed by atoms with Gasteiger partial charge >= 0.3 is 0 Å². The van der Waals surface area contributed by atoms with Crippen LogP contribution in [0.3, 0.4) is 0 Å². The third kappa shape index (κ3) is 3.03. The molecule has 2 atom stereocenters. The Morgan fingerprint density at radius 1 is 1.12 bits per heavy atom. The maximum atomic E-state index is 13.2. The molecule has 2 aliphatic rings. The predicted octanol–water partition coefficient (Wildman–Crippen LogP) is 5.18. The topological polar surface area (TPSA) is 32.7 Å². The molecule has 0 saturated heterocycles. The highest BCUT2D eigenvalue weighted by atomic mass is 79.9. The number of alkyl halides is 1. The molecule has 2 aromatic rings. The molecule has 2 aromatic carbocycles. The Hall–Kier alpha value is -1.63. The zero-order valence-corrected chi connectivity index (χ0v) is 15.9. The van der Waals surface area contributed by atoms with Gasteiger partial charge in [-0.2, -0.15) is 0 Å². The lowest BCUT2D eigenvalue weighted by Gasteiger charge is -2.31. The minimum Gasteiger partial charge on any atom is -0.272 e. The molecule has 0 saturated carbocycles. The Kier molecular flexibility index (Phi) is 4.43. The van der Waals surface area contributed by atoms with Gasteiger partial charge in [0.15, 0.2) is 5.17 Å². The average molecular weight is 438 g/mol. The fourth-order valence-electron chi connectivity index (χ4n) is 2.78. The van der Waals surface area contributed by atoms with Gasteiger partial charge in [-0.3, -0.25) is 14.7 Å². The molecule has 4 rings (SSSR count). The number of carbonyl (C=O) groups is 1. The number of halogens is 3. The van der Waals surface area contributed by atoms with E-state index in [0.29, 0.717) is 5.17 Å². The highest BCUT2D eigenvalue weighted by molar-refractivity contribution is 9.10. The van der Waals surface area contributed by atoms with E-state index in [-0.39, 0.29) is 11.7 Å². The second kappa shape index (κ2) is 6.59. The van der Waals surface area contributed by atoms with E-state index in [4.69, 9.17) is 11.6 Å². The summed E-state index contributed by atoms with van der Waals surface area (Å²) in [6.07, 6.45) is 0. The van der Waals surface area contributed by atoms with Crippen molar-refractivity contribution in [2.45, 2.75) is 11.4 Å². The molecule has 3 nitrogen and oxygen atoms in total. The maximum Gasteiger partial charge on any atom is 0.253 e. The van der Waals surface area contributed by atoms with Crippen LogP contribution in [0.5, 0.6) is 0 Å². The fourth-order valence-corrected chi connectivity index (χ4v) is 4.27. The highest BCUT2D eigenvalue weighted by Crippen LogP contribution is 2.41. The predicted molar refractivity (Wildman–Crippen MR) is 103 cm³/mol. The summed E-state index contributed by atoms with van der Waals surface area (Å²) in [5.41, 5.74) is 2.40. The molecule has 7 heteroatoms. The van der Waals surface area contributed by atoms with Crippen molar-refractivity contribution >= 4 is 56.1 Å². The fraction of sp³-hybridized carbons (Fsp3) is 0.111. The minimum absolute atomic E-state index is 0.222. The molecule has 0 aliphatic carbocycles. The van der Waals surface area contributed by atoms with Crippen LogP contribution in [-0.4, -0.2) is 21.4 Å². The number of carbonyl (C=O) groups excluding carboxylic acids is 1. The zero-order chi connectivity index (χ0) is 17.6. The Bertz CT molecular complexity index is 898. The lowest BCUT2D eigenvalue weighted by molar-refractivity contribution is -0.125. The van der Waals surface area contributed by atoms with Gasteiger partial charge in [-0.05, 0) is 35.4 Å². The maximum absolute atomic E-state index is 13.2. The van der Waals surface area contributed by atoms with Crippen molar-refractivity contribution in [3.63, 3.8) is 0 Å². The van der Waals surface area contributed by atoms with E-state index in [1.165, 1.54) is 23.9 Å². The van der Waals surface area contributed by atoms with Gasteiger partial charge < -0.3 is 0 Å². The lowest BCUT2D eigenvalue weighted by atomic mass is 10.0. The number of benzene rings is 2. The highest BCUT2D eigenvalue weighted by Gasteiger charge is 2.42. The van der Waals surface area contributed by atoms with E-state index >= 15 is 0 Å². The molecule has 0 N–H and O–H groups in total. The summed E-state index contributed by atoms with van der Waals surface area (Å²) in [4.78, 5) is 19.1. The van der Waals surface area contributed by atoms with E-state index in [1.807, 2.05) is 29.7 Å². The third-order valence-corrected chi connectivity index (χ3v) is 5.84. The largest absolute Gasteiger partial charge is 0.272 e. The van der Waals surface area contributed by atoms with E-state index in [0.717, 1.165) is 21.3 Å². The standard InChI is InChI=1S/C18H11BrClFN2OS/c19-12-5-1-10(2-6-12)14-9-25-18-22-16(15(20)17(24)23(14)18)11-3-7-13(21)8-4-11/h1-9,15-16H/t15-,16+/m1/s1. The van der Waals surface area contributed by atoms with E-state index in [2.05, 4.69) is 20.9 Å². The SMILES string of the molecule is O=C1[C@H](Cl)[C@H](c2ccc(F)cc2)N=C2SC=C(c3ccc(Br)cc3)N12. The molecule has 0 spiro atoms. The summed E-state index contributed by atoms with van der Waals surface area (Å²) in [6, 6.07) is 13.1. The molecular weight excluding hydrogens is 427 g/mol. The first-order valence-corrected chi connectivity index (χ1v) is 9.59. The molecule has 25 heavy (non-hydrogen) atoms. The van der Waals surface area contributed by atoms with Crippen LogP contribution < -0.4 is 0 Å². The number of thioether (sulfide) groups is 1. The summed E-state index contributed by atoms with van der Waals surface area (Å²) in [6.45, 7) is 0. The number of fused-ring (bicyclic) bond motifs is 1. The quantitative estimate of drug-likeness (QED) is 0.606. The monoisotopic (exact) mass is 436 g/mol. The van der Waals surface area contributed by atoms with E-state index in [9.17, 15) is 9.18 Å². The molecule has 0 bridgehead atoms. The van der Waals surface area contributed by atoms with Gasteiger partial charge in [0.05, 0.1) is 5.70 Å². The normalized spacial score (nSPS) is 22.5. The molecule has 0 unspecified atom stereocenters. The van der Waals surface area contributed by atoms with Gasteiger partial charge in [0.2, 0.25) is 0 Å². The van der Waals surface area contributed by atoms with Crippen LogP contribution in [0.2, 0.25) is 0 Å². The van der Waals surface area contributed by atoms with Crippen molar-refractivity contribution in [3.8, 4) is 0 Å². The Morgan fingerprint density at radius 2 is 1.80 bits per heavy atom. The molecule has 0 fully saturated rings. The molecule has 2 aliphatic heterocycles. The van der Waals surface area contributed by atoms with Gasteiger partial charge in [0.1, 0.15) is 17.2 Å². The van der Waals surface area contributed by atoms with Crippen LogP contribution in [0, 0.1) is 5.82 Å². The number of rotatable bonds is 2. The van der Waals surface area contributed by atoms with E-state index in [1.54, 1.807) is 17.0 Å². The molecule has 126 valence electrons. The van der Waals surface area contributed by atoms with Gasteiger partial charge in [-0.1, -0.05) is 52.0 Å². The smallest absolute Gasteiger partial charge is 0.253 e. The van der Waals surface area contributed by atoms with Gasteiger partial charge in [0, 0.05) is 9.88 Å². The van der Waals surface area contributed by atoms with Crippen LogP contribution in [-0.2, 0) is 4.79 Å². The summed E-state index contributed by atoms with van der Waals surface area (Å²) < 4.78 is 14.1. The second-order valence-corrected chi connectivity index (χ2v) is 7.83. The second-order valence-electron chi connectivity index (χ2n) is 5.61. The summed E-state index contributed by atoms with van der Waals surface area (Å²) in [7, 11) is 0. The average Bonchev–Trinajstić information content (AvgIpc) is 3.04. The number of hydrogen-bond donors (Lipinski definition) is 0. The minimum atomic E-state index is -0.841. The Labute approximate surface area is 161 Å². The summed E-state index contributed by atoms with van der Waals surface area (Å²) >= 11 is 11.2. The van der Waals surface area contributed by atoms with Crippen molar-refractivity contribution in [2.75, 3.05) is 0 Å². The van der Waals surface area contributed by atoms with Gasteiger partial charge in [-0.25, -0.2) is 4.39 Å². The number of aliphatic imine (C=N–C) groups is 1. The number of hydrogen-bond acceptors (Lipinski definition) is 3. The molecule has 2 heterocycles. The van der Waals surface area contributed by atoms with Crippen molar-refractivity contribution in [3.05, 3.63) is 75.4 Å². The lowest BCUT2D eigenvalue weighted by Crippen LogP contribution is -2.43. The van der Waals surface area contributed by atoms with E-state index < -0.39 is 11.4 Å². The van der Waals surface area contributed by atoms with Gasteiger partial charge in [-0.15, -0.1) is 11.6 Å². The Morgan fingerprint density at radius 3 is 2.48 bits per heavy atom. The molecule has 0 radical (unpaired) electrons. The van der Waals surface area contributed by atoms with Gasteiger partial charge in [0.25, 0.3) is 5.91 Å². The van der Waals surface area contributed by atoms with Crippen molar-refractivity contribution in [2.24, 2.45) is 4.99 Å². The molecule has 1 amide bonds. The first kappa shape index (κ1) is 16.8. The number of nitrogens with zero attached hydrogens (tertiary/aromatic N) is 2. The zero-order valence-electron chi connectivity index (χ0n) is 12.7. The summed E-state index contributed by atoms with van der Waals surface area (Å²) in [5, 5.41) is 1.65. The number of amides is 1. The van der Waals surface area contributed by atoms with Crippen LogP contribution in [0.1, 0.15) is 17.2 Å². The van der Waals surface area contributed by atoms with Crippen LogP contribution >= 0.6 is 39.3 Å². The molecule has 0 aromatic heterocycles. The molecular formula is C18H11BrClFN2OS. The first-order chi connectivity index (χ1) is 12.0. The Balaban J connectivity index is 1.69. The third-order valence-electron chi connectivity index (χ3n) is 4.04. The summed E-state index contributed by atoms with van der Waals surface area (Å²) in [5.74, 6) is -0.555. The van der Waals surface area contributed by atoms with Crippen molar-refractivity contribution in [1.82, 2.24) is 4.90 Å². The van der Waals surface area contributed by atoms with Crippen LogP contribution in [0.15, 0.2) is 63.4 Å². The van der Waals surface area contributed by atoms with Crippen LogP contribution in [0.4, 0.5) is 4.39 Å². The van der Waals surface area contributed by atoms with Crippen LogP contribution in [0.25, 0.3) is 5.70 Å².